The summed E-state index contributed by atoms with van der Waals surface area (Å²) in [5.74, 6) is 1.09. The van der Waals surface area contributed by atoms with Gasteiger partial charge >= 0.3 is 0 Å². The van der Waals surface area contributed by atoms with Crippen LogP contribution in [0.15, 0.2) is 60.8 Å². The molecule has 0 radical (unpaired) electrons. The molecule has 0 saturated carbocycles. The monoisotopic (exact) mass is 325 g/mol. The molecule has 6 heteroatoms. The molecule has 3 aromatic rings. The van der Waals surface area contributed by atoms with Crippen molar-refractivity contribution in [3.63, 3.8) is 0 Å². The van der Waals surface area contributed by atoms with Gasteiger partial charge in [-0.15, -0.1) is 5.10 Å². The number of aromatic nitrogens is 3. The molecule has 0 fully saturated rings. The molecule has 0 bridgehead atoms. The second-order valence-corrected chi connectivity index (χ2v) is 5.51. The second-order valence-electron chi connectivity index (χ2n) is 5.07. The van der Waals surface area contributed by atoms with Crippen LogP contribution in [0.1, 0.15) is 18.5 Å². The zero-order chi connectivity index (χ0) is 16.1. The lowest BCUT2D eigenvalue weighted by Gasteiger charge is -2.15. The average molecular weight is 326 g/mol. The quantitative estimate of drug-likeness (QED) is 0.726. The van der Waals surface area contributed by atoms with E-state index in [1.54, 1.807) is 18.3 Å². The van der Waals surface area contributed by atoms with Crippen LogP contribution in [-0.4, -0.2) is 15.2 Å². The normalized spacial score (nSPS) is 11.7. The van der Waals surface area contributed by atoms with Crippen molar-refractivity contribution >= 4 is 29.1 Å². The number of hydrogen-bond donors (Lipinski definition) is 2. The topological polar surface area (TPSA) is 62.7 Å². The van der Waals surface area contributed by atoms with Gasteiger partial charge in [-0.2, -0.15) is 10.1 Å². The Morgan fingerprint density at radius 1 is 1.00 bits per heavy atom. The Bertz CT molecular complexity index is 761. The maximum atomic E-state index is 5.87. The molecule has 2 N–H and O–H groups in total. The van der Waals surface area contributed by atoms with Gasteiger partial charge in [0.25, 0.3) is 0 Å². The highest BCUT2D eigenvalue weighted by Gasteiger charge is 2.07. The SMILES string of the molecule is CC(Nc1cnnc(Nc2ccc(Cl)cc2)n1)c1ccccc1. The van der Waals surface area contributed by atoms with Gasteiger partial charge in [0.05, 0.1) is 6.20 Å². The van der Waals surface area contributed by atoms with Gasteiger partial charge in [0.15, 0.2) is 5.82 Å². The van der Waals surface area contributed by atoms with Crippen LogP contribution in [0.2, 0.25) is 5.02 Å². The molecule has 0 saturated heterocycles. The van der Waals surface area contributed by atoms with Gasteiger partial charge in [-0.05, 0) is 36.8 Å². The lowest BCUT2D eigenvalue weighted by atomic mass is 10.1. The molecule has 1 unspecified atom stereocenters. The van der Waals surface area contributed by atoms with Crippen molar-refractivity contribution < 1.29 is 0 Å². The van der Waals surface area contributed by atoms with Gasteiger partial charge in [-0.3, -0.25) is 0 Å². The molecule has 0 amide bonds. The number of hydrogen-bond acceptors (Lipinski definition) is 5. The average Bonchev–Trinajstić information content (AvgIpc) is 2.58. The maximum Gasteiger partial charge on any atom is 0.249 e. The first-order valence-electron chi connectivity index (χ1n) is 7.24. The first-order valence-corrected chi connectivity index (χ1v) is 7.62. The summed E-state index contributed by atoms with van der Waals surface area (Å²) in [7, 11) is 0. The number of halogens is 1. The lowest BCUT2D eigenvalue weighted by molar-refractivity contribution is 0.861. The Morgan fingerprint density at radius 2 is 1.74 bits per heavy atom. The molecule has 3 rings (SSSR count). The van der Waals surface area contributed by atoms with E-state index in [-0.39, 0.29) is 6.04 Å². The fraction of sp³-hybridized carbons (Fsp3) is 0.118. The summed E-state index contributed by atoms with van der Waals surface area (Å²) in [5, 5.41) is 15.1. The molecule has 5 nitrogen and oxygen atoms in total. The predicted molar refractivity (Wildman–Crippen MR) is 93.0 cm³/mol. The summed E-state index contributed by atoms with van der Waals surface area (Å²) in [6.07, 6.45) is 1.60. The molecule has 1 aromatic heterocycles. The Hall–Kier alpha value is -2.66. The molecule has 1 atom stereocenters. The van der Waals surface area contributed by atoms with Crippen LogP contribution >= 0.6 is 11.6 Å². The van der Waals surface area contributed by atoms with Gasteiger partial charge in [-0.25, -0.2) is 0 Å². The van der Waals surface area contributed by atoms with Crippen molar-refractivity contribution in [1.29, 1.82) is 0 Å². The van der Waals surface area contributed by atoms with Crippen LogP contribution in [0.25, 0.3) is 0 Å². The zero-order valence-corrected chi connectivity index (χ0v) is 13.3. The molecule has 23 heavy (non-hydrogen) atoms. The van der Waals surface area contributed by atoms with E-state index in [1.807, 2.05) is 30.3 Å². The molecule has 0 aliphatic heterocycles. The fourth-order valence-electron chi connectivity index (χ4n) is 2.14. The van der Waals surface area contributed by atoms with Crippen LogP contribution in [0, 0.1) is 0 Å². The largest absolute Gasteiger partial charge is 0.362 e. The third-order valence-corrected chi connectivity index (χ3v) is 3.58. The minimum Gasteiger partial charge on any atom is -0.362 e. The van der Waals surface area contributed by atoms with Gasteiger partial charge in [0, 0.05) is 16.8 Å². The van der Waals surface area contributed by atoms with Crippen LogP contribution in [0.3, 0.4) is 0 Å². The first-order chi connectivity index (χ1) is 11.2. The highest BCUT2D eigenvalue weighted by Crippen LogP contribution is 2.19. The summed E-state index contributed by atoms with van der Waals surface area (Å²) in [6, 6.07) is 17.6. The minimum atomic E-state index is 0.122. The Labute approximate surface area is 139 Å². The Balaban J connectivity index is 1.71. The standard InChI is InChI=1S/C17H16ClN5/c1-12(13-5-3-2-4-6-13)20-16-11-19-23-17(22-16)21-15-9-7-14(18)8-10-15/h2-12H,1H3,(H2,20,21,22,23). The summed E-state index contributed by atoms with van der Waals surface area (Å²) < 4.78 is 0. The number of anilines is 3. The molecule has 0 aliphatic rings. The third-order valence-electron chi connectivity index (χ3n) is 3.32. The van der Waals surface area contributed by atoms with Crippen molar-refractivity contribution in [2.24, 2.45) is 0 Å². The summed E-state index contributed by atoms with van der Waals surface area (Å²) >= 11 is 5.87. The maximum absolute atomic E-state index is 5.87. The number of benzene rings is 2. The molecular formula is C17H16ClN5. The zero-order valence-electron chi connectivity index (χ0n) is 12.6. The van der Waals surface area contributed by atoms with E-state index in [1.165, 1.54) is 5.56 Å². The van der Waals surface area contributed by atoms with Crippen molar-refractivity contribution in [2.75, 3.05) is 10.6 Å². The number of nitrogens with zero attached hydrogens (tertiary/aromatic N) is 3. The first kappa shape index (κ1) is 15.2. The van der Waals surface area contributed by atoms with Gasteiger partial charge in [-0.1, -0.05) is 41.9 Å². The van der Waals surface area contributed by atoms with Crippen molar-refractivity contribution in [3.05, 3.63) is 71.4 Å². The van der Waals surface area contributed by atoms with E-state index < -0.39 is 0 Å². The van der Waals surface area contributed by atoms with E-state index in [9.17, 15) is 0 Å². The van der Waals surface area contributed by atoms with Crippen LogP contribution in [0.5, 0.6) is 0 Å². The van der Waals surface area contributed by atoms with Crippen molar-refractivity contribution in [1.82, 2.24) is 15.2 Å². The van der Waals surface area contributed by atoms with Crippen molar-refractivity contribution in [3.8, 4) is 0 Å². The number of nitrogens with one attached hydrogen (secondary N) is 2. The van der Waals surface area contributed by atoms with Gasteiger partial charge in [0.1, 0.15) is 0 Å². The van der Waals surface area contributed by atoms with Gasteiger partial charge < -0.3 is 10.6 Å². The molecule has 116 valence electrons. The summed E-state index contributed by atoms with van der Waals surface area (Å²) in [4.78, 5) is 4.43. The summed E-state index contributed by atoms with van der Waals surface area (Å²) in [5.41, 5.74) is 2.03. The molecule has 1 heterocycles. The fourth-order valence-corrected chi connectivity index (χ4v) is 2.26. The highest BCUT2D eigenvalue weighted by molar-refractivity contribution is 6.30. The van der Waals surface area contributed by atoms with Crippen molar-refractivity contribution in [2.45, 2.75) is 13.0 Å². The van der Waals surface area contributed by atoms with Crippen LogP contribution < -0.4 is 10.6 Å². The van der Waals surface area contributed by atoms with Crippen LogP contribution in [0.4, 0.5) is 17.5 Å². The molecule has 2 aromatic carbocycles. The smallest absolute Gasteiger partial charge is 0.249 e. The predicted octanol–water partition coefficient (Wildman–Crippen LogP) is 4.44. The lowest BCUT2D eigenvalue weighted by Crippen LogP contribution is -2.09. The van der Waals surface area contributed by atoms with E-state index in [0.717, 1.165) is 5.69 Å². The Kier molecular flexibility index (Phi) is 4.68. The van der Waals surface area contributed by atoms with Crippen LogP contribution in [-0.2, 0) is 0 Å². The summed E-state index contributed by atoms with van der Waals surface area (Å²) in [6.45, 7) is 2.07. The molecular weight excluding hydrogens is 310 g/mol. The third kappa shape index (κ3) is 4.17. The van der Waals surface area contributed by atoms with E-state index in [4.69, 9.17) is 11.6 Å². The Morgan fingerprint density at radius 3 is 2.48 bits per heavy atom. The number of rotatable bonds is 5. The van der Waals surface area contributed by atoms with E-state index in [2.05, 4.69) is 44.9 Å². The second kappa shape index (κ2) is 7.07. The molecule has 0 aliphatic carbocycles. The van der Waals surface area contributed by atoms with E-state index >= 15 is 0 Å². The minimum absolute atomic E-state index is 0.122. The van der Waals surface area contributed by atoms with Gasteiger partial charge in [0.2, 0.25) is 5.95 Å². The molecule has 0 spiro atoms. The highest BCUT2D eigenvalue weighted by atomic mass is 35.5. The van der Waals surface area contributed by atoms with E-state index in [0.29, 0.717) is 16.8 Å².